The fraction of sp³-hybridized carbons (Fsp3) is 0.385. The molecule has 1 atom stereocenters. The van der Waals surface area contributed by atoms with Gasteiger partial charge in [-0.05, 0) is 17.7 Å². The van der Waals surface area contributed by atoms with Crippen molar-refractivity contribution in [3.8, 4) is 0 Å². The number of rotatable bonds is 2. The summed E-state index contributed by atoms with van der Waals surface area (Å²) in [5.41, 5.74) is 1.11. The van der Waals surface area contributed by atoms with Gasteiger partial charge in [-0.1, -0.05) is 12.1 Å². The Labute approximate surface area is 105 Å². The Kier molecular flexibility index (Phi) is 3.62. The van der Waals surface area contributed by atoms with Crippen LogP contribution in [-0.4, -0.2) is 41.5 Å². The minimum atomic E-state index is -0.949. The fourth-order valence-electron chi connectivity index (χ4n) is 2.26. The number of nitrogens with zero attached hydrogens (tertiary/aromatic N) is 1. The van der Waals surface area contributed by atoms with Gasteiger partial charge in [-0.25, -0.2) is 4.79 Å². The monoisotopic (exact) mass is 248 g/mol. The first-order chi connectivity index (χ1) is 8.59. The predicted molar refractivity (Wildman–Crippen MR) is 66.4 cm³/mol. The highest BCUT2D eigenvalue weighted by molar-refractivity contribution is 5.87. The molecule has 96 valence electrons. The molecule has 0 aliphatic carbocycles. The molecule has 5 heteroatoms. The van der Waals surface area contributed by atoms with Crippen LogP contribution in [0.15, 0.2) is 24.3 Å². The first kappa shape index (κ1) is 12.6. The van der Waals surface area contributed by atoms with E-state index < -0.39 is 5.97 Å². The van der Waals surface area contributed by atoms with Crippen molar-refractivity contribution >= 4 is 11.9 Å². The number of carbonyl (C=O) groups is 2. The summed E-state index contributed by atoms with van der Waals surface area (Å²) in [7, 11) is 0. The highest BCUT2D eigenvalue weighted by atomic mass is 16.4. The second kappa shape index (κ2) is 5.18. The van der Waals surface area contributed by atoms with Crippen LogP contribution in [0.5, 0.6) is 0 Å². The Morgan fingerprint density at radius 2 is 2.22 bits per heavy atom. The molecule has 5 nitrogen and oxygen atoms in total. The molecule has 1 amide bonds. The van der Waals surface area contributed by atoms with Crippen LogP contribution in [0.2, 0.25) is 0 Å². The van der Waals surface area contributed by atoms with Crippen LogP contribution < -0.4 is 5.32 Å². The van der Waals surface area contributed by atoms with Crippen LogP contribution in [0.3, 0.4) is 0 Å². The predicted octanol–water partition coefficient (Wildman–Crippen LogP) is 0.878. The number of nitrogens with one attached hydrogen (secondary N) is 1. The largest absolute Gasteiger partial charge is 0.478 e. The lowest BCUT2D eigenvalue weighted by atomic mass is 10.0. The zero-order valence-electron chi connectivity index (χ0n) is 10.2. The molecule has 1 aliphatic heterocycles. The van der Waals surface area contributed by atoms with Gasteiger partial charge < -0.3 is 15.3 Å². The Morgan fingerprint density at radius 1 is 1.44 bits per heavy atom. The number of aromatic carboxylic acids is 1. The van der Waals surface area contributed by atoms with E-state index >= 15 is 0 Å². The van der Waals surface area contributed by atoms with E-state index in [9.17, 15) is 9.59 Å². The Morgan fingerprint density at radius 3 is 2.89 bits per heavy atom. The van der Waals surface area contributed by atoms with Crippen molar-refractivity contribution in [3.05, 3.63) is 35.4 Å². The molecule has 0 spiro atoms. The third kappa shape index (κ3) is 2.51. The summed E-state index contributed by atoms with van der Waals surface area (Å²) in [4.78, 5) is 24.3. The van der Waals surface area contributed by atoms with Crippen molar-refractivity contribution < 1.29 is 14.7 Å². The van der Waals surface area contributed by atoms with Crippen molar-refractivity contribution in [1.82, 2.24) is 10.2 Å². The lowest BCUT2D eigenvalue weighted by Gasteiger charge is -2.36. The first-order valence-corrected chi connectivity index (χ1v) is 5.91. The van der Waals surface area contributed by atoms with Crippen LogP contribution in [0.1, 0.15) is 28.9 Å². The molecular weight excluding hydrogens is 232 g/mol. The zero-order valence-corrected chi connectivity index (χ0v) is 10.2. The highest BCUT2D eigenvalue weighted by Gasteiger charge is 2.25. The number of piperazine rings is 1. The van der Waals surface area contributed by atoms with Gasteiger partial charge in [0, 0.05) is 26.6 Å². The average molecular weight is 248 g/mol. The van der Waals surface area contributed by atoms with E-state index in [2.05, 4.69) is 5.32 Å². The summed E-state index contributed by atoms with van der Waals surface area (Å²) < 4.78 is 0. The maximum absolute atomic E-state index is 11.6. The lowest BCUT2D eigenvalue weighted by molar-refractivity contribution is -0.132. The smallest absolute Gasteiger partial charge is 0.335 e. The van der Waals surface area contributed by atoms with Gasteiger partial charge >= 0.3 is 5.97 Å². The normalized spacial score (nSPS) is 19.6. The van der Waals surface area contributed by atoms with Crippen LogP contribution >= 0.6 is 0 Å². The summed E-state index contributed by atoms with van der Waals surface area (Å²) in [5, 5.41) is 12.2. The van der Waals surface area contributed by atoms with Gasteiger partial charge in [-0.15, -0.1) is 0 Å². The second-order valence-corrected chi connectivity index (χ2v) is 4.36. The quantitative estimate of drug-likeness (QED) is 0.815. The average Bonchev–Trinajstić information content (AvgIpc) is 2.39. The van der Waals surface area contributed by atoms with E-state index in [0.717, 1.165) is 12.1 Å². The van der Waals surface area contributed by atoms with Crippen molar-refractivity contribution in [2.45, 2.75) is 13.0 Å². The molecule has 0 aromatic heterocycles. The molecule has 1 heterocycles. The van der Waals surface area contributed by atoms with Crippen molar-refractivity contribution in [2.75, 3.05) is 19.6 Å². The Hall–Kier alpha value is -1.88. The van der Waals surface area contributed by atoms with Crippen LogP contribution in [0.25, 0.3) is 0 Å². The van der Waals surface area contributed by atoms with E-state index in [-0.39, 0.29) is 17.5 Å². The minimum absolute atomic E-state index is 0.0160. The molecule has 2 rings (SSSR count). The van der Waals surface area contributed by atoms with Crippen molar-refractivity contribution in [3.63, 3.8) is 0 Å². The SMILES string of the molecule is CC(=O)N1CCNC[C@H]1c1cccc(C(=O)O)c1. The first-order valence-electron chi connectivity index (χ1n) is 5.91. The molecule has 2 N–H and O–H groups in total. The molecule has 0 unspecified atom stereocenters. The van der Waals surface area contributed by atoms with Gasteiger partial charge in [-0.3, -0.25) is 4.79 Å². The molecule has 0 bridgehead atoms. The van der Waals surface area contributed by atoms with E-state index in [4.69, 9.17) is 5.11 Å². The number of carbonyl (C=O) groups excluding carboxylic acids is 1. The Bertz CT molecular complexity index is 473. The standard InChI is InChI=1S/C13H16N2O3/c1-9(16)15-6-5-14-8-12(15)10-3-2-4-11(7-10)13(17)18/h2-4,7,12,14H,5-6,8H2,1H3,(H,17,18)/t12-/m0/s1. The second-order valence-electron chi connectivity index (χ2n) is 4.36. The number of carboxylic acids is 1. The molecule has 1 aromatic rings. The third-order valence-electron chi connectivity index (χ3n) is 3.17. The molecule has 1 aromatic carbocycles. The van der Waals surface area contributed by atoms with Crippen molar-refractivity contribution in [2.24, 2.45) is 0 Å². The summed E-state index contributed by atoms with van der Waals surface area (Å²) in [6.45, 7) is 3.62. The van der Waals surface area contributed by atoms with E-state index in [1.807, 2.05) is 6.07 Å². The summed E-state index contributed by atoms with van der Waals surface area (Å²) in [6, 6.07) is 6.68. The lowest BCUT2D eigenvalue weighted by Crippen LogP contribution is -2.47. The van der Waals surface area contributed by atoms with Gasteiger partial charge in [0.1, 0.15) is 0 Å². The van der Waals surface area contributed by atoms with Gasteiger partial charge in [0.05, 0.1) is 11.6 Å². The molecule has 1 aliphatic rings. The van der Waals surface area contributed by atoms with Gasteiger partial charge in [0.15, 0.2) is 0 Å². The number of hydrogen-bond donors (Lipinski definition) is 2. The summed E-state index contributed by atoms with van der Waals surface area (Å²) in [5.74, 6) is -0.933. The number of carboxylic acid groups (broad SMARTS) is 1. The number of hydrogen-bond acceptors (Lipinski definition) is 3. The van der Waals surface area contributed by atoms with E-state index in [0.29, 0.717) is 13.1 Å². The topological polar surface area (TPSA) is 69.6 Å². The number of benzene rings is 1. The fourth-order valence-corrected chi connectivity index (χ4v) is 2.26. The molecule has 0 saturated carbocycles. The molecule has 18 heavy (non-hydrogen) atoms. The molecule has 1 fully saturated rings. The summed E-state index contributed by atoms with van der Waals surface area (Å²) in [6.07, 6.45) is 0. The molecular formula is C13H16N2O3. The van der Waals surface area contributed by atoms with Gasteiger partial charge in [0.25, 0.3) is 0 Å². The maximum Gasteiger partial charge on any atom is 0.335 e. The van der Waals surface area contributed by atoms with Crippen LogP contribution in [0, 0.1) is 0 Å². The van der Waals surface area contributed by atoms with Crippen LogP contribution in [0.4, 0.5) is 0 Å². The van der Waals surface area contributed by atoms with E-state index in [1.165, 1.54) is 0 Å². The summed E-state index contributed by atoms with van der Waals surface area (Å²) >= 11 is 0. The zero-order chi connectivity index (χ0) is 13.1. The van der Waals surface area contributed by atoms with E-state index in [1.54, 1.807) is 30.0 Å². The van der Waals surface area contributed by atoms with Gasteiger partial charge in [-0.2, -0.15) is 0 Å². The minimum Gasteiger partial charge on any atom is -0.478 e. The molecule has 0 radical (unpaired) electrons. The molecule has 1 saturated heterocycles. The van der Waals surface area contributed by atoms with Crippen LogP contribution in [-0.2, 0) is 4.79 Å². The maximum atomic E-state index is 11.6. The Balaban J connectivity index is 2.30. The van der Waals surface area contributed by atoms with Gasteiger partial charge in [0.2, 0.25) is 5.91 Å². The van der Waals surface area contributed by atoms with Crippen molar-refractivity contribution in [1.29, 1.82) is 0 Å². The number of amides is 1. The highest BCUT2D eigenvalue weighted by Crippen LogP contribution is 2.23. The third-order valence-corrected chi connectivity index (χ3v) is 3.17.